The minimum absolute atomic E-state index is 0.0488. The fourth-order valence-electron chi connectivity index (χ4n) is 1.91. The third kappa shape index (κ3) is 6.76. The Morgan fingerprint density at radius 2 is 1.67 bits per heavy atom. The number of anilines is 2. The molecule has 2 N–H and O–H groups in total. The average Bonchev–Trinajstić information content (AvgIpc) is 2.37. The predicted molar refractivity (Wildman–Crippen MR) is 91.2 cm³/mol. The van der Waals surface area contributed by atoms with Crippen molar-refractivity contribution in [2.24, 2.45) is 0 Å². The van der Waals surface area contributed by atoms with Gasteiger partial charge in [-0.25, -0.2) is 9.97 Å². The standard InChI is InChI=1S/C16H31N5/c1-7-17-13-12-14(18-10-8-9-11-21(5)6)20-15(19-13)16(2,3)4/h12H,7-11H2,1-6H3,(H2,17,18,19,20). The molecule has 1 heterocycles. The van der Waals surface area contributed by atoms with Gasteiger partial charge >= 0.3 is 0 Å². The van der Waals surface area contributed by atoms with E-state index in [1.165, 1.54) is 6.42 Å². The number of nitrogens with one attached hydrogen (secondary N) is 2. The monoisotopic (exact) mass is 293 g/mol. The summed E-state index contributed by atoms with van der Waals surface area (Å²) < 4.78 is 0. The van der Waals surface area contributed by atoms with E-state index >= 15 is 0 Å². The van der Waals surface area contributed by atoms with Gasteiger partial charge in [-0.1, -0.05) is 20.8 Å². The summed E-state index contributed by atoms with van der Waals surface area (Å²) in [7, 11) is 4.21. The van der Waals surface area contributed by atoms with Crippen LogP contribution in [0.2, 0.25) is 0 Å². The van der Waals surface area contributed by atoms with Crippen LogP contribution in [-0.4, -0.2) is 48.6 Å². The Balaban J connectivity index is 2.65. The summed E-state index contributed by atoms with van der Waals surface area (Å²) in [5.41, 5.74) is -0.0488. The molecule has 0 unspecified atom stereocenters. The van der Waals surface area contributed by atoms with Crippen LogP contribution in [0.3, 0.4) is 0 Å². The number of unbranched alkanes of at least 4 members (excludes halogenated alkanes) is 1. The molecule has 1 rings (SSSR count). The van der Waals surface area contributed by atoms with Crippen LogP contribution >= 0.6 is 0 Å². The zero-order chi connectivity index (χ0) is 15.9. The molecule has 0 amide bonds. The van der Waals surface area contributed by atoms with Crippen LogP contribution in [0.5, 0.6) is 0 Å². The lowest BCUT2D eigenvalue weighted by Gasteiger charge is -2.19. The van der Waals surface area contributed by atoms with Crippen LogP contribution in [0.4, 0.5) is 11.6 Å². The lowest BCUT2D eigenvalue weighted by molar-refractivity contribution is 0.396. The maximum atomic E-state index is 4.65. The van der Waals surface area contributed by atoms with Crippen LogP contribution < -0.4 is 10.6 Å². The summed E-state index contributed by atoms with van der Waals surface area (Å²) in [5, 5.41) is 6.70. The molecule has 0 aliphatic rings. The molecule has 0 aliphatic carbocycles. The van der Waals surface area contributed by atoms with Gasteiger partial charge in [0.05, 0.1) is 0 Å². The molecular weight excluding hydrogens is 262 g/mol. The second-order valence-corrected chi connectivity index (χ2v) is 6.68. The van der Waals surface area contributed by atoms with Crippen LogP contribution in [0, 0.1) is 0 Å². The third-order valence-corrected chi connectivity index (χ3v) is 3.09. The SMILES string of the molecule is CCNc1cc(NCCCCN(C)C)nc(C(C)(C)C)n1. The zero-order valence-corrected chi connectivity index (χ0v) is 14.5. The van der Waals surface area contributed by atoms with Crippen molar-refractivity contribution in [1.29, 1.82) is 0 Å². The fourth-order valence-corrected chi connectivity index (χ4v) is 1.91. The highest BCUT2D eigenvalue weighted by atomic mass is 15.1. The van der Waals surface area contributed by atoms with Gasteiger partial charge in [0, 0.05) is 24.6 Å². The van der Waals surface area contributed by atoms with E-state index in [1.807, 2.05) is 6.07 Å². The van der Waals surface area contributed by atoms with E-state index in [1.54, 1.807) is 0 Å². The van der Waals surface area contributed by atoms with Gasteiger partial charge in [-0.15, -0.1) is 0 Å². The minimum atomic E-state index is -0.0488. The molecule has 0 aliphatic heterocycles. The van der Waals surface area contributed by atoms with E-state index in [4.69, 9.17) is 0 Å². The molecule has 120 valence electrons. The van der Waals surface area contributed by atoms with Crippen LogP contribution in [0.1, 0.15) is 46.4 Å². The van der Waals surface area contributed by atoms with E-state index in [9.17, 15) is 0 Å². The molecule has 1 aromatic heterocycles. The Labute approximate surface area is 129 Å². The van der Waals surface area contributed by atoms with Gasteiger partial charge in [-0.05, 0) is 40.4 Å². The van der Waals surface area contributed by atoms with Gasteiger partial charge in [0.25, 0.3) is 0 Å². The van der Waals surface area contributed by atoms with E-state index in [0.717, 1.165) is 43.5 Å². The first-order chi connectivity index (χ1) is 9.82. The van der Waals surface area contributed by atoms with Crippen molar-refractivity contribution >= 4 is 11.6 Å². The maximum Gasteiger partial charge on any atom is 0.138 e. The summed E-state index contributed by atoms with van der Waals surface area (Å²) in [6, 6.07) is 1.99. The van der Waals surface area contributed by atoms with Gasteiger partial charge in [-0.2, -0.15) is 0 Å². The molecule has 0 radical (unpaired) electrons. The predicted octanol–water partition coefficient (Wildman–Crippen LogP) is 2.96. The van der Waals surface area contributed by atoms with Crippen molar-refractivity contribution in [3.8, 4) is 0 Å². The van der Waals surface area contributed by atoms with Gasteiger partial charge in [-0.3, -0.25) is 0 Å². The largest absolute Gasteiger partial charge is 0.370 e. The Morgan fingerprint density at radius 1 is 1.05 bits per heavy atom. The fraction of sp³-hybridized carbons (Fsp3) is 0.750. The smallest absolute Gasteiger partial charge is 0.138 e. The molecule has 5 heteroatoms. The average molecular weight is 293 g/mol. The number of aromatic nitrogens is 2. The molecule has 1 aromatic rings. The Bertz CT molecular complexity index is 423. The third-order valence-electron chi connectivity index (χ3n) is 3.09. The number of hydrogen-bond acceptors (Lipinski definition) is 5. The molecule has 0 fully saturated rings. The summed E-state index contributed by atoms with van der Waals surface area (Å²) >= 11 is 0. The van der Waals surface area contributed by atoms with Crippen LogP contribution in [-0.2, 0) is 5.41 Å². The quantitative estimate of drug-likeness (QED) is 0.722. The molecule has 21 heavy (non-hydrogen) atoms. The first-order valence-corrected chi connectivity index (χ1v) is 7.85. The van der Waals surface area contributed by atoms with Crippen LogP contribution in [0.15, 0.2) is 6.07 Å². The van der Waals surface area contributed by atoms with Crippen molar-refractivity contribution in [3.05, 3.63) is 11.9 Å². The second kappa shape index (κ2) is 8.17. The van der Waals surface area contributed by atoms with Crippen molar-refractivity contribution in [2.75, 3.05) is 44.4 Å². The van der Waals surface area contributed by atoms with Crippen molar-refractivity contribution < 1.29 is 0 Å². The second-order valence-electron chi connectivity index (χ2n) is 6.68. The highest BCUT2D eigenvalue weighted by molar-refractivity contribution is 5.48. The number of hydrogen-bond donors (Lipinski definition) is 2. The Hall–Kier alpha value is -1.36. The summed E-state index contributed by atoms with van der Waals surface area (Å²) in [5.74, 6) is 2.68. The number of nitrogens with zero attached hydrogens (tertiary/aromatic N) is 3. The van der Waals surface area contributed by atoms with E-state index in [-0.39, 0.29) is 5.41 Å². The number of rotatable bonds is 8. The lowest BCUT2D eigenvalue weighted by Crippen LogP contribution is -2.19. The topological polar surface area (TPSA) is 53.1 Å². The summed E-state index contributed by atoms with van der Waals surface area (Å²) in [6.07, 6.45) is 2.33. The summed E-state index contributed by atoms with van der Waals surface area (Å²) in [4.78, 5) is 11.5. The van der Waals surface area contributed by atoms with E-state index < -0.39 is 0 Å². The highest BCUT2D eigenvalue weighted by Gasteiger charge is 2.19. The van der Waals surface area contributed by atoms with E-state index in [2.05, 4.69) is 67.3 Å². The van der Waals surface area contributed by atoms with Gasteiger partial charge in [0.15, 0.2) is 0 Å². The van der Waals surface area contributed by atoms with Gasteiger partial charge < -0.3 is 15.5 Å². The highest BCUT2D eigenvalue weighted by Crippen LogP contribution is 2.22. The van der Waals surface area contributed by atoms with Gasteiger partial charge in [0.1, 0.15) is 17.5 Å². The molecule has 0 saturated heterocycles. The lowest BCUT2D eigenvalue weighted by atomic mass is 9.96. The first kappa shape index (κ1) is 17.7. The maximum absolute atomic E-state index is 4.65. The molecule has 0 spiro atoms. The molecule has 0 aromatic carbocycles. The normalized spacial score (nSPS) is 11.8. The van der Waals surface area contributed by atoms with Crippen molar-refractivity contribution in [3.63, 3.8) is 0 Å². The summed E-state index contributed by atoms with van der Waals surface area (Å²) in [6.45, 7) is 11.4. The Kier molecular flexibility index (Phi) is 6.89. The Morgan fingerprint density at radius 3 is 2.19 bits per heavy atom. The molecular formula is C16H31N5. The van der Waals surface area contributed by atoms with E-state index in [0.29, 0.717) is 0 Å². The molecule has 0 saturated carbocycles. The van der Waals surface area contributed by atoms with Gasteiger partial charge in [0.2, 0.25) is 0 Å². The minimum Gasteiger partial charge on any atom is -0.370 e. The van der Waals surface area contributed by atoms with Crippen molar-refractivity contribution in [2.45, 2.75) is 46.0 Å². The molecule has 0 bridgehead atoms. The zero-order valence-electron chi connectivity index (χ0n) is 14.5. The first-order valence-electron chi connectivity index (χ1n) is 7.85. The molecule has 5 nitrogen and oxygen atoms in total. The van der Waals surface area contributed by atoms with Crippen LogP contribution in [0.25, 0.3) is 0 Å². The van der Waals surface area contributed by atoms with Crippen molar-refractivity contribution in [1.82, 2.24) is 14.9 Å². The molecule has 0 atom stereocenters.